The number of anilines is 1. The van der Waals surface area contributed by atoms with Crippen molar-refractivity contribution in [3.05, 3.63) is 79.9 Å². The predicted molar refractivity (Wildman–Crippen MR) is 108 cm³/mol. The van der Waals surface area contributed by atoms with Gasteiger partial charge in [0.15, 0.2) is 10.7 Å². The Balaban J connectivity index is 1.93. The molecular weight excluding hydrogens is 414 g/mol. The molecule has 0 saturated heterocycles. The van der Waals surface area contributed by atoms with Crippen LogP contribution in [0.25, 0.3) is 22.3 Å². The third-order valence-corrected chi connectivity index (χ3v) is 5.43. The van der Waals surface area contributed by atoms with Gasteiger partial charge in [0.2, 0.25) is 0 Å². The Morgan fingerprint density at radius 2 is 1.92 bits per heavy atom. The molecule has 0 atom stereocenters. The topological polar surface area (TPSA) is 77.5 Å². The third-order valence-electron chi connectivity index (χ3n) is 3.99. The number of carbonyl (C=O) groups excluding carboxylic acids is 1. The van der Waals surface area contributed by atoms with Gasteiger partial charge in [-0.25, -0.2) is 0 Å². The average Bonchev–Trinajstić information content (AvgIpc) is 3.06. The van der Waals surface area contributed by atoms with Gasteiger partial charge in [0.1, 0.15) is 5.82 Å². The number of nitrogens with two attached hydrogens (primary N) is 1. The van der Waals surface area contributed by atoms with Crippen LogP contribution in [0.4, 0.5) is 5.82 Å². The zero-order chi connectivity index (χ0) is 18.3. The third kappa shape index (κ3) is 2.85. The van der Waals surface area contributed by atoms with Crippen molar-refractivity contribution in [2.24, 2.45) is 0 Å². The van der Waals surface area contributed by atoms with E-state index in [2.05, 4.69) is 20.9 Å². The minimum atomic E-state index is -0.397. The van der Waals surface area contributed by atoms with Gasteiger partial charge in [-0.05, 0) is 45.3 Å². The van der Waals surface area contributed by atoms with Gasteiger partial charge in [-0.1, -0.05) is 36.4 Å². The summed E-state index contributed by atoms with van der Waals surface area (Å²) >= 11 is 4.58. The Morgan fingerprint density at radius 1 is 1.15 bits per heavy atom. The monoisotopic (exact) mass is 425 g/mol. The minimum absolute atomic E-state index is 0.121. The first-order valence-corrected chi connectivity index (χ1v) is 9.38. The number of rotatable bonds is 2. The fourth-order valence-corrected chi connectivity index (χ4v) is 4.01. The van der Waals surface area contributed by atoms with Crippen molar-refractivity contribution < 1.29 is 4.79 Å². The highest BCUT2D eigenvalue weighted by Gasteiger charge is 2.15. The molecule has 0 unspecified atom stereocenters. The fourth-order valence-electron chi connectivity index (χ4n) is 2.72. The van der Waals surface area contributed by atoms with Gasteiger partial charge in [0, 0.05) is 5.38 Å². The highest BCUT2D eigenvalue weighted by atomic mass is 79.9. The molecule has 5 nitrogen and oxygen atoms in total. The zero-order valence-corrected chi connectivity index (χ0v) is 15.8. The maximum absolute atomic E-state index is 12.5. The summed E-state index contributed by atoms with van der Waals surface area (Å²) in [5, 5.41) is 1.93. The number of allylic oxidation sites excluding steroid dienone is 5. The second-order valence-electron chi connectivity index (χ2n) is 5.66. The fraction of sp³-hybridized carbons (Fsp3) is 0. The number of fused-ring (bicyclic) bond motifs is 1. The summed E-state index contributed by atoms with van der Waals surface area (Å²) in [6.07, 6.45) is 6.39. The molecule has 3 aromatic rings. The molecule has 0 fully saturated rings. The maximum atomic E-state index is 12.5. The van der Waals surface area contributed by atoms with Crippen molar-refractivity contribution in [3.8, 4) is 11.3 Å². The zero-order valence-electron chi connectivity index (χ0n) is 13.3. The number of carbonyl (C=O) groups is 1. The molecule has 0 amide bonds. The number of nitrogens with zero attached hydrogens (tertiary/aromatic N) is 2. The lowest BCUT2D eigenvalue weighted by atomic mass is 10.1. The van der Waals surface area contributed by atoms with E-state index in [0.717, 1.165) is 11.3 Å². The molecule has 7 heteroatoms. The summed E-state index contributed by atoms with van der Waals surface area (Å²) in [6, 6.07) is 9.79. The second kappa shape index (κ2) is 6.51. The van der Waals surface area contributed by atoms with Crippen molar-refractivity contribution in [2.45, 2.75) is 0 Å². The lowest BCUT2D eigenvalue weighted by molar-refractivity contribution is -0.110. The molecule has 0 saturated carbocycles. The van der Waals surface area contributed by atoms with Crippen LogP contribution in [-0.4, -0.2) is 15.2 Å². The molecule has 1 aromatic carbocycles. The molecule has 4 rings (SSSR count). The first-order chi connectivity index (χ1) is 12.5. The van der Waals surface area contributed by atoms with Crippen molar-refractivity contribution >= 4 is 49.9 Å². The Kier molecular flexibility index (Phi) is 4.18. The highest BCUT2D eigenvalue weighted by molar-refractivity contribution is 9.12. The van der Waals surface area contributed by atoms with Gasteiger partial charge < -0.3 is 5.73 Å². The Morgan fingerprint density at radius 3 is 2.65 bits per heavy atom. The summed E-state index contributed by atoms with van der Waals surface area (Å²) in [5.41, 5.74) is 8.80. The van der Waals surface area contributed by atoms with E-state index >= 15 is 0 Å². The van der Waals surface area contributed by atoms with Crippen molar-refractivity contribution in [2.75, 3.05) is 5.73 Å². The van der Waals surface area contributed by atoms with Gasteiger partial charge in [-0.15, -0.1) is 11.3 Å². The van der Waals surface area contributed by atoms with Crippen LogP contribution in [0.2, 0.25) is 0 Å². The molecule has 0 bridgehead atoms. The van der Waals surface area contributed by atoms with E-state index in [9.17, 15) is 9.59 Å². The SMILES string of the molecule is Nc1c(/C=C2\C=CC(=O)C(Br)=C2)c(=O)nc2scc(-c3ccccc3)n12. The average molecular weight is 426 g/mol. The minimum Gasteiger partial charge on any atom is -0.384 e. The molecule has 0 aliphatic heterocycles. The number of thiazole rings is 1. The number of hydrogen-bond donors (Lipinski definition) is 1. The normalized spacial score (nSPS) is 15.7. The summed E-state index contributed by atoms with van der Waals surface area (Å²) < 4.78 is 2.21. The molecule has 0 spiro atoms. The predicted octanol–water partition coefficient (Wildman–Crippen LogP) is 3.81. The van der Waals surface area contributed by atoms with Gasteiger partial charge in [-0.3, -0.25) is 14.0 Å². The summed E-state index contributed by atoms with van der Waals surface area (Å²) in [4.78, 5) is 28.7. The van der Waals surface area contributed by atoms with Crippen molar-refractivity contribution in [1.29, 1.82) is 0 Å². The van der Waals surface area contributed by atoms with Crippen molar-refractivity contribution in [3.63, 3.8) is 0 Å². The number of benzene rings is 1. The van der Waals surface area contributed by atoms with Gasteiger partial charge >= 0.3 is 0 Å². The molecular formula is C19H12BrN3O2S. The summed E-state index contributed by atoms with van der Waals surface area (Å²) in [7, 11) is 0. The van der Waals surface area contributed by atoms with Crippen LogP contribution in [0, 0.1) is 0 Å². The van der Waals surface area contributed by atoms with Gasteiger partial charge in [-0.2, -0.15) is 4.98 Å². The van der Waals surface area contributed by atoms with E-state index in [0.29, 0.717) is 26.4 Å². The number of aromatic nitrogens is 2. The maximum Gasteiger partial charge on any atom is 0.283 e. The Hall–Kier alpha value is -2.77. The largest absolute Gasteiger partial charge is 0.384 e. The number of nitrogen functional groups attached to an aromatic ring is 1. The van der Waals surface area contributed by atoms with E-state index in [4.69, 9.17) is 5.73 Å². The molecule has 1 aliphatic carbocycles. The molecule has 1 aliphatic rings. The van der Waals surface area contributed by atoms with Crippen LogP contribution >= 0.6 is 27.3 Å². The van der Waals surface area contributed by atoms with Crippen LogP contribution in [0.5, 0.6) is 0 Å². The van der Waals surface area contributed by atoms with Gasteiger partial charge in [0.25, 0.3) is 5.56 Å². The lowest BCUT2D eigenvalue weighted by Gasteiger charge is -2.09. The highest BCUT2D eigenvalue weighted by Crippen LogP contribution is 2.29. The van der Waals surface area contributed by atoms with E-state index in [1.807, 2.05) is 35.7 Å². The Bertz CT molecular complexity index is 1190. The van der Waals surface area contributed by atoms with E-state index in [1.54, 1.807) is 22.6 Å². The van der Waals surface area contributed by atoms with E-state index < -0.39 is 5.56 Å². The lowest BCUT2D eigenvalue weighted by Crippen LogP contribution is -2.16. The van der Waals surface area contributed by atoms with Crippen LogP contribution in [0.15, 0.2) is 68.8 Å². The smallest absolute Gasteiger partial charge is 0.283 e. The molecule has 2 heterocycles. The molecule has 26 heavy (non-hydrogen) atoms. The Labute approximate surface area is 160 Å². The molecule has 2 N–H and O–H groups in total. The standard InChI is InChI=1S/C19H12BrN3O2S/c20-14-9-11(6-7-16(14)24)8-13-17(21)23-15(12-4-2-1-3-5-12)10-26-19(23)22-18(13)25/h1-10H,21H2/b11-8+. The van der Waals surface area contributed by atoms with Crippen LogP contribution in [-0.2, 0) is 4.79 Å². The van der Waals surface area contributed by atoms with Gasteiger partial charge in [0.05, 0.1) is 15.7 Å². The van der Waals surface area contributed by atoms with E-state index in [1.165, 1.54) is 17.4 Å². The first-order valence-electron chi connectivity index (χ1n) is 7.71. The summed E-state index contributed by atoms with van der Waals surface area (Å²) in [5.74, 6) is 0.201. The number of hydrogen-bond acceptors (Lipinski definition) is 5. The molecule has 2 aromatic heterocycles. The number of ketones is 1. The van der Waals surface area contributed by atoms with Crippen LogP contribution in [0.3, 0.4) is 0 Å². The second-order valence-corrected chi connectivity index (χ2v) is 7.35. The molecule has 0 radical (unpaired) electrons. The van der Waals surface area contributed by atoms with Crippen molar-refractivity contribution in [1.82, 2.24) is 9.38 Å². The molecule has 128 valence electrons. The summed E-state index contributed by atoms with van der Waals surface area (Å²) in [6.45, 7) is 0. The van der Waals surface area contributed by atoms with Crippen LogP contribution in [0.1, 0.15) is 5.56 Å². The number of halogens is 1. The van der Waals surface area contributed by atoms with E-state index in [-0.39, 0.29) is 5.78 Å². The first kappa shape index (κ1) is 16.7. The quantitative estimate of drug-likeness (QED) is 0.676. The van der Waals surface area contributed by atoms with Crippen LogP contribution < -0.4 is 11.3 Å².